The van der Waals surface area contributed by atoms with E-state index in [9.17, 15) is 0 Å². The SMILES string of the molecule is CCC[Si-](CCC)CCC.[K+]. The summed E-state index contributed by atoms with van der Waals surface area (Å²) in [6.07, 6.45) is 4.23. The summed E-state index contributed by atoms with van der Waals surface area (Å²) in [6, 6.07) is 4.64. The molecular weight excluding hydrogens is 175 g/mol. The van der Waals surface area contributed by atoms with Crippen molar-refractivity contribution in [3.63, 3.8) is 0 Å². The normalized spacial score (nSPS) is 9.82. The molecule has 0 N–H and O–H groups in total. The average molecular weight is 196 g/mol. The first-order chi connectivity index (χ1) is 4.85. The smallest absolute Gasteiger partial charge is 0.260 e. The zero-order valence-electron chi connectivity index (χ0n) is 8.74. The topological polar surface area (TPSA) is 0 Å². The van der Waals surface area contributed by atoms with Gasteiger partial charge in [-0.25, -0.2) is 0 Å². The standard InChI is InChI=1S/C9H21Si.K/c1-4-7-10(8-5-2)9-6-3;/h4-9H2,1-3H3;/q-1;+1. The van der Waals surface area contributed by atoms with Gasteiger partial charge in [0.2, 0.25) is 0 Å². The van der Waals surface area contributed by atoms with E-state index in [4.69, 9.17) is 0 Å². The summed E-state index contributed by atoms with van der Waals surface area (Å²) < 4.78 is 0. The van der Waals surface area contributed by atoms with Crippen LogP contribution < -0.4 is 51.4 Å². The van der Waals surface area contributed by atoms with E-state index in [1.54, 1.807) is 18.1 Å². The van der Waals surface area contributed by atoms with Crippen LogP contribution in [0.15, 0.2) is 0 Å². The number of hydrogen-bond acceptors (Lipinski definition) is 0. The molecule has 0 bridgehead atoms. The average Bonchev–Trinajstić information content (AvgIpc) is 1.90. The fraction of sp³-hybridized carbons (Fsp3) is 1.00. The molecule has 0 aliphatic rings. The fourth-order valence-corrected chi connectivity index (χ4v) is 4.31. The zero-order chi connectivity index (χ0) is 7.82. The summed E-state index contributed by atoms with van der Waals surface area (Å²) in [6.45, 7) is 6.95. The van der Waals surface area contributed by atoms with Crippen LogP contribution in [0.4, 0.5) is 0 Å². The Morgan fingerprint density at radius 2 is 1.00 bits per heavy atom. The molecule has 0 aromatic carbocycles. The summed E-state index contributed by atoms with van der Waals surface area (Å²) >= 11 is 0. The van der Waals surface area contributed by atoms with Gasteiger partial charge in [-0.1, -0.05) is 40.0 Å². The zero-order valence-corrected chi connectivity index (χ0v) is 12.9. The minimum absolute atomic E-state index is 0. The second kappa shape index (κ2) is 11.9. The van der Waals surface area contributed by atoms with Gasteiger partial charge in [0, 0.05) is 0 Å². The largest absolute Gasteiger partial charge is 1.00 e. The van der Waals surface area contributed by atoms with Gasteiger partial charge in [0.25, 0.3) is 0 Å². The molecule has 0 heterocycles. The van der Waals surface area contributed by atoms with Crippen molar-refractivity contribution in [1.29, 1.82) is 0 Å². The van der Waals surface area contributed by atoms with Crippen LogP contribution in [-0.2, 0) is 0 Å². The number of rotatable bonds is 6. The minimum atomic E-state index is 0. The Balaban J connectivity index is 0. The van der Waals surface area contributed by atoms with Gasteiger partial charge in [-0.3, -0.25) is 8.80 Å². The van der Waals surface area contributed by atoms with Gasteiger partial charge < -0.3 is 0 Å². The van der Waals surface area contributed by atoms with Crippen LogP contribution in [0.2, 0.25) is 18.1 Å². The van der Waals surface area contributed by atoms with Crippen LogP contribution in [0, 0.1) is 0 Å². The van der Waals surface area contributed by atoms with Crippen LogP contribution in [-0.4, -0.2) is 8.80 Å². The van der Waals surface area contributed by atoms with Gasteiger partial charge in [0.15, 0.2) is 0 Å². The van der Waals surface area contributed by atoms with E-state index >= 15 is 0 Å². The Morgan fingerprint density at radius 3 is 1.18 bits per heavy atom. The Hall–Kier alpha value is 1.85. The first-order valence-corrected chi connectivity index (χ1v) is 6.80. The van der Waals surface area contributed by atoms with Gasteiger partial charge in [0.05, 0.1) is 0 Å². The van der Waals surface area contributed by atoms with Crippen molar-refractivity contribution in [2.45, 2.75) is 58.2 Å². The Bertz CT molecular complexity index is 52.3. The predicted molar refractivity (Wildman–Crippen MR) is 51.0 cm³/mol. The molecular formula is C9H21KSi. The van der Waals surface area contributed by atoms with Gasteiger partial charge >= 0.3 is 51.4 Å². The maximum Gasteiger partial charge on any atom is 1.00 e. The van der Waals surface area contributed by atoms with E-state index in [1.807, 2.05) is 0 Å². The summed E-state index contributed by atoms with van der Waals surface area (Å²) in [4.78, 5) is 0. The molecule has 11 heavy (non-hydrogen) atoms. The van der Waals surface area contributed by atoms with Gasteiger partial charge in [0.1, 0.15) is 0 Å². The molecule has 62 valence electrons. The molecule has 2 heteroatoms. The molecule has 0 fully saturated rings. The molecule has 0 saturated carbocycles. The molecule has 0 atom stereocenters. The molecule has 0 aromatic rings. The van der Waals surface area contributed by atoms with Crippen molar-refractivity contribution in [2.75, 3.05) is 0 Å². The van der Waals surface area contributed by atoms with Crippen molar-refractivity contribution in [3.8, 4) is 0 Å². The molecule has 0 saturated heterocycles. The van der Waals surface area contributed by atoms with Gasteiger partial charge in [-0.15, -0.1) is 0 Å². The van der Waals surface area contributed by atoms with E-state index in [2.05, 4.69) is 20.8 Å². The van der Waals surface area contributed by atoms with Crippen LogP contribution in [0.3, 0.4) is 0 Å². The molecule has 0 aliphatic heterocycles. The molecule has 0 radical (unpaired) electrons. The van der Waals surface area contributed by atoms with E-state index in [0.717, 1.165) is 0 Å². The molecule has 0 nitrogen and oxygen atoms in total. The van der Waals surface area contributed by atoms with E-state index in [-0.39, 0.29) is 60.2 Å². The van der Waals surface area contributed by atoms with Crippen LogP contribution in [0.25, 0.3) is 0 Å². The van der Waals surface area contributed by atoms with Crippen molar-refractivity contribution in [3.05, 3.63) is 0 Å². The second-order valence-corrected chi connectivity index (χ2v) is 6.00. The van der Waals surface area contributed by atoms with Gasteiger partial charge in [-0.2, -0.15) is 18.1 Å². The summed E-state index contributed by atoms with van der Waals surface area (Å²) in [5.74, 6) is 0. The van der Waals surface area contributed by atoms with E-state index in [0.29, 0.717) is 0 Å². The third-order valence-corrected chi connectivity index (χ3v) is 5.43. The van der Waals surface area contributed by atoms with Crippen LogP contribution in [0.5, 0.6) is 0 Å². The first kappa shape index (κ1) is 15.3. The predicted octanol–water partition coefficient (Wildman–Crippen LogP) is 0.715. The fourth-order valence-electron chi connectivity index (χ4n) is 1.44. The van der Waals surface area contributed by atoms with Crippen molar-refractivity contribution in [1.82, 2.24) is 0 Å². The molecule has 0 spiro atoms. The van der Waals surface area contributed by atoms with Crippen molar-refractivity contribution >= 4 is 8.80 Å². The third kappa shape index (κ3) is 9.77. The van der Waals surface area contributed by atoms with Crippen LogP contribution >= 0.6 is 0 Å². The summed E-state index contributed by atoms with van der Waals surface area (Å²) in [5.41, 5.74) is 0. The maximum atomic E-state index is 2.32. The van der Waals surface area contributed by atoms with E-state index < -0.39 is 0 Å². The molecule has 0 amide bonds. The third-order valence-electron chi connectivity index (χ3n) is 1.81. The van der Waals surface area contributed by atoms with Crippen molar-refractivity contribution in [2.24, 2.45) is 0 Å². The summed E-state index contributed by atoms with van der Waals surface area (Å²) in [5, 5.41) is 0. The summed E-state index contributed by atoms with van der Waals surface area (Å²) in [7, 11) is 0.103. The Kier molecular flexibility index (Phi) is 16.5. The first-order valence-electron chi connectivity index (χ1n) is 4.68. The van der Waals surface area contributed by atoms with Crippen molar-refractivity contribution < 1.29 is 51.4 Å². The second-order valence-electron chi connectivity index (χ2n) is 3.00. The Morgan fingerprint density at radius 1 is 0.727 bits per heavy atom. The Labute approximate surface area is 117 Å². The maximum absolute atomic E-state index is 2.32. The molecule has 0 aliphatic carbocycles. The molecule has 0 aromatic heterocycles. The van der Waals surface area contributed by atoms with Crippen LogP contribution in [0.1, 0.15) is 40.0 Å². The monoisotopic (exact) mass is 196 g/mol. The minimum Gasteiger partial charge on any atom is -0.260 e. The quantitative estimate of drug-likeness (QED) is 0.549. The van der Waals surface area contributed by atoms with Gasteiger partial charge in [-0.05, 0) is 0 Å². The molecule has 0 rings (SSSR count). The van der Waals surface area contributed by atoms with E-state index in [1.165, 1.54) is 19.3 Å². The molecule has 0 unspecified atom stereocenters. The number of hydrogen-bond donors (Lipinski definition) is 0.